The molecule has 4 heteroatoms. The minimum Gasteiger partial charge on any atom is -0.355 e. The summed E-state index contributed by atoms with van der Waals surface area (Å²) in [5.74, 6) is 0.833. The van der Waals surface area contributed by atoms with Crippen LogP contribution in [0.15, 0.2) is 28.7 Å². The first-order valence-electron chi connectivity index (χ1n) is 5.96. The van der Waals surface area contributed by atoms with Gasteiger partial charge >= 0.3 is 0 Å². The quantitative estimate of drug-likeness (QED) is 0.844. The smallest absolute Gasteiger partial charge is 0.233 e. The van der Waals surface area contributed by atoms with Crippen molar-refractivity contribution in [1.82, 2.24) is 10.6 Å². The lowest BCUT2D eigenvalue weighted by Crippen LogP contribution is -2.34. The summed E-state index contributed by atoms with van der Waals surface area (Å²) in [5, 5.41) is 6.07. The van der Waals surface area contributed by atoms with Gasteiger partial charge in [-0.1, -0.05) is 28.1 Å². The Labute approximate surface area is 110 Å². The van der Waals surface area contributed by atoms with Crippen molar-refractivity contribution in [3.63, 3.8) is 0 Å². The molecule has 1 aliphatic carbocycles. The highest BCUT2D eigenvalue weighted by molar-refractivity contribution is 9.10. The second-order valence-electron chi connectivity index (χ2n) is 4.48. The van der Waals surface area contributed by atoms with Crippen LogP contribution in [-0.4, -0.2) is 19.0 Å². The molecule has 2 N–H and O–H groups in total. The monoisotopic (exact) mass is 296 g/mol. The van der Waals surface area contributed by atoms with Gasteiger partial charge in [-0.15, -0.1) is 0 Å². The normalized spacial score (nSPS) is 14.6. The summed E-state index contributed by atoms with van der Waals surface area (Å²) in [6, 6.07) is 8.09. The molecule has 0 spiro atoms. The van der Waals surface area contributed by atoms with Crippen molar-refractivity contribution >= 4 is 21.8 Å². The summed E-state index contributed by atoms with van der Waals surface area (Å²) >= 11 is 3.39. The van der Waals surface area contributed by atoms with E-state index in [0.717, 1.165) is 23.5 Å². The van der Waals surface area contributed by atoms with E-state index < -0.39 is 0 Å². The number of carbonyl (C=O) groups is 1. The fourth-order valence-corrected chi connectivity index (χ4v) is 1.83. The molecule has 2 rings (SSSR count). The molecule has 1 fully saturated rings. The Morgan fingerprint density at radius 1 is 1.29 bits per heavy atom. The molecule has 0 unspecified atom stereocenters. The summed E-state index contributed by atoms with van der Waals surface area (Å²) in [6.45, 7) is 1.96. The molecule has 1 aromatic carbocycles. The van der Waals surface area contributed by atoms with E-state index in [1.54, 1.807) is 0 Å². The molecule has 17 heavy (non-hydrogen) atoms. The van der Waals surface area contributed by atoms with E-state index in [0.29, 0.717) is 6.54 Å². The van der Waals surface area contributed by atoms with E-state index in [9.17, 15) is 4.79 Å². The Balaban J connectivity index is 1.61. The first kappa shape index (κ1) is 12.6. The van der Waals surface area contributed by atoms with Crippen LogP contribution in [0.2, 0.25) is 0 Å². The van der Waals surface area contributed by atoms with Gasteiger partial charge in [0.2, 0.25) is 5.91 Å². The highest BCUT2D eigenvalue weighted by Crippen LogP contribution is 2.27. The molecule has 0 radical (unpaired) electrons. The third kappa shape index (κ3) is 4.88. The molecule has 3 nitrogen and oxygen atoms in total. The zero-order valence-electron chi connectivity index (χ0n) is 9.71. The Morgan fingerprint density at radius 3 is 2.65 bits per heavy atom. The summed E-state index contributed by atoms with van der Waals surface area (Å²) in [4.78, 5) is 11.4. The van der Waals surface area contributed by atoms with Gasteiger partial charge in [0.1, 0.15) is 0 Å². The largest absolute Gasteiger partial charge is 0.355 e. The van der Waals surface area contributed by atoms with Crippen molar-refractivity contribution in [2.75, 3.05) is 13.1 Å². The number of benzene rings is 1. The molecule has 0 atom stereocenters. The Morgan fingerprint density at radius 2 is 2.00 bits per heavy atom. The first-order valence-corrected chi connectivity index (χ1v) is 6.75. The molecular weight excluding hydrogens is 280 g/mol. The van der Waals surface area contributed by atoms with Crippen LogP contribution >= 0.6 is 15.9 Å². The van der Waals surface area contributed by atoms with Crippen molar-refractivity contribution in [2.24, 2.45) is 5.92 Å². The molecule has 1 aliphatic rings. The number of nitrogens with one attached hydrogen (secondary N) is 2. The van der Waals surface area contributed by atoms with Gasteiger partial charge in [-0.3, -0.25) is 4.79 Å². The van der Waals surface area contributed by atoms with Crippen LogP contribution < -0.4 is 10.6 Å². The Kier molecular flexibility index (Phi) is 4.57. The van der Waals surface area contributed by atoms with Crippen molar-refractivity contribution in [3.8, 4) is 0 Å². The van der Waals surface area contributed by atoms with Crippen molar-refractivity contribution < 1.29 is 4.79 Å². The number of hydrogen-bond acceptors (Lipinski definition) is 2. The van der Waals surface area contributed by atoms with E-state index in [2.05, 4.69) is 26.6 Å². The summed E-state index contributed by atoms with van der Waals surface area (Å²) in [6.07, 6.45) is 2.54. The Bertz CT molecular complexity index is 374. The lowest BCUT2D eigenvalue weighted by molar-refractivity contribution is -0.120. The van der Waals surface area contributed by atoms with E-state index in [-0.39, 0.29) is 5.91 Å². The minimum atomic E-state index is 0.0917. The first-order chi connectivity index (χ1) is 8.24. The SMILES string of the molecule is O=C(CNCc1ccc(Br)cc1)NCC1CC1. The molecule has 0 aromatic heterocycles. The third-order valence-corrected chi connectivity index (χ3v) is 3.34. The van der Waals surface area contributed by atoms with Gasteiger partial charge < -0.3 is 10.6 Å². The summed E-state index contributed by atoms with van der Waals surface area (Å²) < 4.78 is 1.07. The van der Waals surface area contributed by atoms with Crippen LogP contribution in [0.3, 0.4) is 0 Å². The maximum atomic E-state index is 11.4. The second-order valence-corrected chi connectivity index (χ2v) is 5.39. The average molecular weight is 297 g/mol. The highest BCUT2D eigenvalue weighted by Gasteiger charge is 2.21. The molecule has 1 aromatic rings. The van der Waals surface area contributed by atoms with Gasteiger partial charge in [0.15, 0.2) is 0 Å². The molecular formula is C13H17BrN2O. The fourth-order valence-electron chi connectivity index (χ4n) is 1.57. The molecule has 1 saturated carbocycles. The summed E-state index contributed by atoms with van der Waals surface area (Å²) in [7, 11) is 0. The van der Waals surface area contributed by atoms with Crippen molar-refractivity contribution in [2.45, 2.75) is 19.4 Å². The standard InChI is InChI=1S/C13H17BrN2O/c14-12-5-3-10(4-6-12)7-15-9-13(17)16-8-11-1-2-11/h3-6,11,15H,1-2,7-9H2,(H,16,17). The molecule has 92 valence electrons. The zero-order valence-corrected chi connectivity index (χ0v) is 11.3. The Hall–Kier alpha value is -0.870. The van der Waals surface area contributed by atoms with Crippen LogP contribution in [-0.2, 0) is 11.3 Å². The fraction of sp³-hybridized carbons (Fsp3) is 0.462. The number of hydrogen-bond donors (Lipinski definition) is 2. The van der Waals surface area contributed by atoms with Crippen molar-refractivity contribution in [1.29, 1.82) is 0 Å². The number of halogens is 1. The third-order valence-electron chi connectivity index (χ3n) is 2.81. The van der Waals surface area contributed by atoms with Gasteiger partial charge in [0, 0.05) is 17.6 Å². The predicted octanol–water partition coefficient (Wildman–Crippen LogP) is 2.06. The topological polar surface area (TPSA) is 41.1 Å². The number of carbonyl (C=O) groups excluding carboxylic acids is 1. The maximum absolute atomic E-state index is 11.4. The van der Waals surface area contributed by atoms with E-state index >= 15 is 0 Å². The van der Waals surface area contributed by atoms with Gasteiger partial charge in [-0.05, 0) is 36.5 Å². The highest BCUT2D eigenvalue weighted by atomic mass is 79.9. The van der Waals surface area contributed by atoms with Crippen LogP contribution in [0.5, 0.6) is 0 Å². The van der Waals surface area contributed by atoms with E-state index in [4.69, 9.17) is 0 Å². The lowest BCUT2D eigenvalue weighted by atomic mass is 10.2. The number of amides is 1. The lowest BCUT2D eigenvalue weighted by Gasteiger charge is -2.06. The molecule has 0 aliphatic heterocycles. The molecule has 0 saturated heterocycles. The maximum Gasteiger partial charge on any atom is 0.233 e. The van der Waals surface area contributed by atoms with Crippen LogP contribution in [0.1, 0.15) is 18.4 Å². The van der Waals surface area contributed by atoms with Gasteiger partial charge in [0.25, 0.3) is 0 Å². The summed E-state index contributed by atoms with van der Waals surface area (Å²) in [5.41, 5.74) is 1.18. The molecule has 0 heterocycles. The van der Waals surface area contributed by atoms with Gasteiger partial charge in [0.05, 0.1) is 6.54 Å². The minimum absolute atomic E-state index is 0.0917. The predicted molar refractivity (Wildman–Crippen MR) is 71.6 cm³/mol. The molecule has 1 amide bonds. The van der Waals surface area contributed by atoms with Gasteiger partial charge in [-0.25, -0.2) is 0 Å². The number of rotatable bonds is 6. The molecule has 0 bridgehead atoms. The zero-order chi connectivity index (χ0) is 12.1. The van der Waals surface area contributed by atoms with Gasteiger partial charge in [-0.2, -0.15) is 0 Å². The van der Waals surface area contributed by atoms with Crippen LogP contribution in [0.4, 0.5) is 0 Å². The van der Waals surface area contributed by atoms with Crippen LogP contribution in [0, 0.1) is 5.92 Å². The second kappa shape index (κ2) is 6.17. The van der Waals surface area contributed by atoms with E-state index in [1.165, 1.54) is 18.4 Å². The average Bonchev–Trinajstić information content (AvgIpc) is 3.13. The van der Waals surface area contributed by atoms with Crippen molar-refractivity contribution in [3.05, 3.63) is 34.3 Å². The van der Waals surface area contributed by atoms with Crippen LogP contribution in [0.25, 0.3) is 0 Å². The van der Waals surface area contributed by atoms with E-state index in [1.807, 2.05) is 24.3 Å².